The second kappa shape index (κ2) is 7.22. The second-order valence-electron chi connectivity index (χ2n) is 5.33. The number of methoxy groups -OCH3 is 1. The zero-order valence-corrected chi connectivity index (χ0v) is 13.2. The van der Waals surface area contributed by atoms with E-state index in [1.165, 1.54) is 0 Å². The Kier molecular flexibility index (Phi) is 5.33. The topological polar surface area (TPSA) is 71.5 Å². The van der Waals surface area contributed by atoms with Crippen molar-refractivity contribution in [2.45, 2.75) is 32.8 Å². The monoisotopic (exact) mass is 302 g/mol. The normalized spacial score (nSPS) is 12.2. The number of hydrogen-bond acceptors (Lipinski definition) is 4. The number of amides is 1. The molecule has 22 heavy (non-hydrogen) atoms. The number of ether oxygens (including phenoxy) is 1. The lowest BCUT2D eigenvalue weighted by atomic mass is 10.1. The van der Waals surface area contributed by atoms with Crippen molar-refractivity contribution < 1.29 is 14.6 Å². The van der Waals surface area contributed by atoms with E-state index in [4.69, 9.17) is 4.74 Å². The van der Waals surface area contributed by atoms with E-state index in [-0.39, 0.29) is 12.5 Å². The van der Waals surface area contributed by atoms with E-state index in [0.717, 1.165) is 23.1 Å². The van der Waals surface area contributed by atoms with E-state index in [1.807, 2.05) is 31.2 Å². The molecule has 5 heteroatoms. The molecular formula is C17H22N2O3. The van der Waals surface area contributed by atoms with Crippen LogP contribution in [0.25, 0.3) is 10.9 Å². The SMILES string of the molecule is CCCC(O)CNC(=O)c1cc2ccc(OC)cc2nc1C. The predicted octanol–water partition coefficient (Wildman–Crippen LogP) is 2.44. The number of aromatic nitrogens is 1. The molecule has 1 aromatic heterocycles. The van der Waals surface area contributed by atoms with Crippen LogP contribution in [0, 0.1) is 6.92 Å². The highest BCUT2D eigenvalue weighted by Gasteiger charge is 2.13. The van der Waals surface area contributed by atoms with Gasteiger partial charge in [0.15, 0.2) is 0 Å². The van der Waals surface area contributed by atoms with E-state index in [2.05, 4.69) is 10.3 Å². The van der Waals surface area contributed by atoms with Crippen LogP contribution in [-0.2, 0) is 0 Å². The number of aliphatic hydroxyl groups excluding tert-OH is 1. The number of benzene rings is 1. The lowest BCUT2D eigenvalue weighted by Gasteiger charge is -2.12. The molecule has 118 valence electrons. The Morgan fingerprint density at radius 2 is 2.18 bits per heavy atom. The van der Waals surface area contributed by atoms with Crippen molar-refractivity contribution in [2.24, 2.45) is 0 Å². The van der Waals surface area contributed by atoms with Gasteiger partial charge in [0, 0.05) is 18.0 Å². The third kappa shape index (κ3) is 3.74. The molecule has 0 radical (unpaired) electrons. The Bertz CT molecular complexity index is 670. The largest absolute Gasteiger partial charge is 0.497 e. The van der Waals surface area contributed by atoms with Gasteiger partial charge in [-0.1, -0.05) is 13.3 Å². The van der Waals surface area contributed by atoms with Crippen LogP contribution in [0.4, 0.5) is 0 Å². The van der Waals surface area contributed by atoms with Gasteiger partial charge in [-0.2, -0.15) is 0 Å². The number of rotatable bonds is 6. The smallest absolute Gasteiger partial charge is 0.253 e. The first-order valence-electron chi connectivity index (χ1n) is 7.46. The molecule has 2 rings (SSSR count). The van der Waals surface area contributed by atoms with E-state index >= 15 is 0 Å². The number of nitrogens with zero attached hydrogens (tertiary/aromatic N) is 1. The molecule has 2 N–H and O–H groups in total. The first-order chi connectivity index (χ1) is 10.5. The Labute approximate surface area is 130 Å². The van der Waals surface area contributed by atoms with Crippen molar-refractivity contribution in [1.29, 1.82) is 0 Å². The molecule has 5 nitrogen and oxygen atoms in total. The molecule has 1 amide bonds. The fraction of sp³-hybridized carbons (Fsp3) is 0.412. The van der Waals surface area contributed by atoms with Crippen LogP contribution in [0.1, 0.15) is 35.8 Å². The summed E-state index contributed by atoms with van der Waals surface area (Å²) < 4.78 is 5.18. The second-order valence-corrected chi connectivity index (χ2v) is 5.33. The van der Waals surface area contributed by atoms with Crippen LogP contribution < -0.4 is 10.1 Å². The molecule has 0 spiro atoms. The van der Waals surface area contributed by atoms with Crippen LogP contribution >= 0.6 is 0 Å². The maximum absolute atomic E-state index is 12.3. The molecule has 0 aliphatic heterocycles. The summed E-state index contributed by atoms with van der Waals surface area (Å²) in [5.74, 6) is 0.525. The molecule has 0 fully saturated rings. The maximum atomic E-state index is 12.3. The van der Waals surface area contributed by atoms with E-state index in [0.29, 0.717) is 17.7 Å². The van der Waals surface area contributed by atoms with Crippen LogP contribution in [0.3, 0.4) is 0 Å². The lowest BCUT2D eigenvalue weighted by Crippen LogP contribution is -2.32. The Morgan fingerprint density at radius 3 is 2.86 bits per heavy atom. The average Bonchev–Trinajstić information content (AvgIpc) is 2.51. The van der Waals surface area contributed by atoms with Crippen molar-refractivity contribution in [3.63, 3.8) is 0 Å². The van der Waals surface area contributed by atoms with Crippen LogP contribution in [-0.4, -0.2) is 35.8 Å². The molecule has 1 atom stereocenters. The number of hydrogen-bond donors (Lipinski definition) is 2. The van der Waals surface area contributed by atoms with Crippen LogP contribution in [0.15, 0.2) is 24.3 Å². The van der Waals surface area contributed by atoms with Gasteiger partial charge in [-0.3, -0.25) is 9.78 Å². The first-order valence-corrected chi connectivity index (χ1v) is 7.46. The molecular weight excluding hydrogens is 280 g/mol. The fourth-order valence-corrected chi connectivity index (χ4v) is 2.34. The standard InChI is InChI=1S/C17H22N2O3/c1-4-5-13(20)10-18-17(21)15-8-12-6-7-14(22-3)9-16(12)19-11(15)2/h6-9,13,20H,4-5,10H2,1-3H3,(H,18,21). The molecule has 1 unspecified atom stereocenters. The van der Waals surface area contributed by atoms with E-state index < -0.39 is 6.10 Å². The predicted molar refractivity (Wildman–Crippen MR) is 86.3 cm³/mol. The molecule has 0 bridgehead atoms. The van der Waals surface area contributed by atoms with Gasteiger partial charge in [-0.15, -0.1) is 0 Å². The summed E-state index contributed by atoms with van der Waals surface area (Å²) in [5, 5.41) is 13.3. The molecule has 0 aliphatic carbocycles. The molecule has 0 saturated heterocycles. The summed E-state index contributed by atoms with van der Waals surface area (Å²) in [5.41, 5.74) is 1.98. The third-order valence-corrected chi connectivity index (χ3v) is 3.58. The summed E-state index contributed by atoms with van der Waals surface area (Å²) in [6.07, 6.45) is 1.05. The number of nitrogens with one attached hydrogen (secondary N) is 1. The zero-order chi connectivity index (χ0) is 16.1. The van der Waals surface area contributed by atoms with Gasteiger partial charge in [0.25, 0.3) is 5.91 Å². The maximum Gasteiger partial charge on any atom is 0.253 e. The Balaban J connectivity index is 2.20. The minimum Gasteiger partial charge on any atom is -0.497 e. The van der Waals surface area contributed by atoms with Crippen molar-refractivity contribution >= 4 is 16.8 Å². The molecule has 2 aromatic rings. The first kappa shape index (κ1) is 16.2. The number of fused-ring (bicyclic) bond motifs is 1. The highest BCUT2D eigenvalue weighted by Crippen LogP contribution is 2.21. The highest BCUT2D eigenvalue weighted by molar-refractivity contribution is 5.98. The quantitative estimate of drug-likeness (QED) is 0.860. The minimum atomic E-state index is -0.507. The number of aliphatic hydroxyl groups is 1. The summed E-state index contributed by atoms with van der Waals surface area (Å²) in [6, 6.07) is 7.38. The lowest BCUT2D eigenvalue weighted by molar-refractivity contribution is 0.0909. The van der Waals surface area contributed by atoms with Gasteiger partial charge in [0.05, 0.1) is 30.0 Å². The van der Waals surface area contributed by atoms with Gasteiger partial charge in [0.1, 0.15) is 5.75 Å². The number of aryl methyl sites for hydroxylation is 1. The minimum absolute atomic E-state index is 0.210. The van der Waals surface area contributed by atoms with E-state index in [1.54, 1.807) is 14.0 Å². The van der Waals surface area contributed by atoms with Crippen molar-refractivity contribution in [1.82, 2.24) is 10.3 Å². The average molecular weight is 302 g/mol. The van der Waals surface area contributed by atoms with Gasteiger partial charge in [-0.25, -0.2) is 0 Å². The van der Waals surface area contributed by atoms with E-state index in [9.17, 15) is 9.90 Å². The van der Waals surface area contributed by atoms with Gasteiger partial charge >= 0.3 is 0 Å². The molecule has 0 saturated carbocycles. The van der Waals surface area contributed by atoms with Gasteiger partial charge < -0.3 is 15.2 Å². The molecule has 1 aromatic carbocycles. The summed E-state index contributed by atoms with van der Waals surface area (Å²) in [6.45, 7) is 4.06. The fourth-order valence-electron chi connectivity index (χ4n) is 2.34. The Hall–Kier alpha value is -2.14. The number of carbonyl (C=O) groups excluding carboxylic acids is 1. The van der Waals surface area contributed by atoms with Crippen molar-refractivity contribution in [2.75, 3.05) is 13.7 Å². The molecule has 0 aliphatic rings. The van der Waals surface area contributed by atoms with Crippen LogP contribution in [0.5, 0.6) is 5.75 Å². The van der Waals surface area contributed by atoms with Crippen molar-refractivity contribution in [3.05, 3.63) is 35.5 Å². The number of carbonyl (C=O) groups is 1. The van der Waals surface area contributed by atoms with Gasteiger partial charge in [0.2, 0.25) is 0 Å². The highest BCUT2D eigenvalue weighted by atomic mass is 16.5. The summed E-state index contributed by atoms with van der Waals surface area (Å²) in [4.78, 5) is 16.7. The van der Waals surface area contributed by atoms with Gasteiger partial charge in [-0.05, 0) is 31.5 Å². The Morgan fingerprint density at radius 1 is 1.41 bits per heavy atom. The molecule has 1 heterocycles. The third-order valence-electron chi connectivity index (χ3n) is 3.58. The van der Waals surface area contributed by atoms with Crippen molar-refractivity contribution in [3.8, 4) is 5.75 Å². The summed E-state index contributed by atoms with van der Waals surface area (Å²) in [7, 11) is 1.61. The summed E-state index contributed by atoms with van der Waals surface area (Å²) >= 11 is 0. The van der Waals surface area contributed by atoms with Crippen LogP contribution in [0.2, 0.25) is 0 Å². The number of pyridine rings is 1. The zero-order valence-electron chi connectivity index (χ0n) is 13.2.